The summed E-state index contributed by atoms with van der Waals surface area (Å²) in [5, 5.41) is 12.2. The van der Waals surface area contributed by atoms with Crippen LogP contribution < -0.4 is 5.32 Å². The molecule has 1 aromatic rings. The van der Waals surface area contributed by atoms with Crippen molar-refractivity contribution in [1.29, 1.82) is 0 Å². The summed E-state index contributed by atoms with van der Waals surface area (Å²) in [7, 11) is 0. The van der Waals surface area contributed by atoms with Gasteiger partial charge in [-0.25, -0.2) is 0 Å². The van der Waals surface area contributed by atoms with Gasteiger partial charge in [-0.2, -0.15) is 0 Å². The first-order chi connectivity index (χ1) is 10.2. The quantitative estimate of drug-likeness (QED) is 0.854. The van der Waals surface area contributed by atoms with Crippen LogP contribution in [0, 0.1) is 11.8 Å². The van der Waals surface area contributed by atoms with Crippen LogP contribution in [-0.2, 0) is 20.7 Å². The SMILES string of the molecule is O=C(O)[C@@H]1[C@@H](C(=O)NCCc2ccccc2)[C@H]2CC[C@@H]1O2. The van der Waals surface area contributed by atoms with Crippen LogP contribution in [0.5, 0.6) is 0 Å². The molecule has 0 aliphatic carbocycles. The van der Waals surface area contributed by atoms with Gasteiger partial charge < -0.3 is 15.2 Å². The Labute approximate surface area is 123 Å². The van der Waals surface area contributed by atoms with Gasteiger partial charge in [0.2, 0.25) is 5.91 Å². The minimum atomic E-state index is -0.926. The maximum absolute atomic E-state index is 12.3. The van der Waals surface area contributed by atoms with Crippen LogP contribution in [0.25, 0.3) is 0 Å². The Balaban J connectivity index is 1.56. The van der Waals surface area contributed by atoms with Gasteiger partial charge in [0.05, 0.1) is 24.0 Å². The van der Waals surface area contributed by atoms with Crippen molar-refractivity contribution in [2.75, 3.05) is 6.54 Å². The van der Waals surface area contributed by atoms with E-state index >= 15 is 0 Å². The molecule has 0 saturated carbocycles. The Bertz CT molecular complexity index is 530. The molecule has 112 valence electrons. The highest BCUT2D eigenvalue weighted by atomic mass is 16.5. The van der Waals surface area contributed by atoms with E-state index in [1.165, 1.54) is 0 Å². The predicted molar refractivity (Wildman–Crippen MR) is 75.7 cm³/mol. The van der Waals surface area contributed by atoms with Crippen molar-refractivity contribution >= 4 is 11.9 Å². The number of nitrogens with one attached hydrogen (secondary N) is 1. The predicted octanol–water partition coefficient (Wildman–Crippen LogP) is 1.22. The molecular formula is C16H19NO4. The number of rotatable bonds is 5. The van der Waals surface area contributed by atoms with Gasteiger partial charge in [-0.05, 0) is 24.8 Å². The molecule has 0 unspecified atom stereocenters. The number of benzene rings is 1. The third-order valence-corrected chi connectivity index (χ3v) is 4.42. The van der Waals surface area contributed by atoms with Crippen LogP contribution in [0.3, 0.4) is 0 Å². The van der Waals surface area contributed by atoms with Gasteiger partial charge in [0.25, 0.3) is 0 Å². The van der Waals surface area contributed by atoms with E-state index in [4.69, 9.17) is 4.74 Å². The van der Waals surface area contributed by atoms with Crippen molar-refractivity contribution in [3.63, 3.8) is 0 Å². The average molecular weight is 289 g/mol. The number of carboxylic acids is 1. The van der Waals surface area contributed by atoms with Crippen LogP contribution in [0.4, 0.5) is 0 Å². The van der Waals surface area contributed by atoms with Gasteiger partial charge in [0, 0.05) is 6.54 Å². The Kier molecular flexibility index (Phi) is 3.92. The van der Waals surface area contributed by atoms with Gasteiger partial charge in [0.1, 0.15) is 0 Å². The molecule has 2 aliphatic rings. The number of aliphatic carboxylic acids is 1. The first kappa shape index (κ1) is 14.1. The maximum atomic E-state index is 12.3. The number of ether oxygens (including phenoxy) is 1. The fourth-order valence-electron chi connectivity index (χ4n) is 3.42. The topological polar surface area (TPSA) is 75.6 Å². The summed E-state index contributed by atoms with van der Waals surface area (Å²) < 4.78 is 5.60. The highest BCUT2D eigenvalue weighted by Crippen LogP contribution is 2.43. The van der Waals surface area contributed by atoms with Gasteiger partial charge in [-0.15, -0.1) is 0 Å². The molecule has 0 radical (unpaired) electrons. The van der Waals surface area contributed by atoms with Crippen LogP contribution in [0.15, 0.2) is 30.3 Å². The Morgan fingerprint density at radius 1 is 1.14 bits per heavy atom. The van der Waals surface area contributed by atoms with E-state index in [1.807, 2.05) is 30.3 Å². The molecule has 4 atom stereocenters. The molecule has 5 heteroatoms. The normalized spacial score (nSPS) is 30.3. The molecule has 2 saturated heterocycles. The van der Waals surface area contributed by atoms with E-state index in [-0.39, 0.29) is 18.1 Å². The van der Waals surface area contributed by atoms with Crippen LogP contribution in [0.2, 0.25) is 0 Å². The molecule has 2 fully saturated rings. The van der Waals surface area contributed by atoms with Gasteiger partial charge >= 0.3 is 5.97 Å². The molecule has 21 heavy (non-hydrogen) atoms. The Morgan fingerprint density at radius 3 is 2.48 bits per heavy atom. The third kappa shape index (κ3) is 2.78. The minimum Gasteiger partial charge on any atom is -0.481 e. The lowest BCUT2D eigenvalue weighted by atomic mass is 9.78. The van der Waals surface area contributed by atoms with Crippen LogP contribution >= 0.6 is 0 Å². The smallest absolute Gasteiger partial charge is 0.310 e. The zero-order chi connectivity index (χ0) is 14.8. The Hall–Kier alpha value is -1.88. The lowest BCUT2D eigenvalue weighted by Gasteiger charge is -2.23. The third-order valence-electron chi connectivity index (χ3n) is 4.42. The van der Waals surface area contributed by atoms with E-state index in [0.29, 0.717) is 6.54 Å². The second-order valence-electron chi connectivity index (χ2n) is 5.71. The fraction of sp³-hybridized carbons (Fsp3) is 0.500. The van der Waals surface area contributed by atoms with Gasteiger partial charge in [-0.3, -0.25) is 9.59 Å². The lowest BCUT2D eigenvalue weighted by molar-refractivity contribution is -0.147. The van der Waals surface area contributed by atoms with Crippen LogP contribution in [-0.4, -0.2) is 35.7 Å². The average Bonchev–Trinajstić information content (AvgIpc) is 3.08. The molecule has 2 heterocycles. The van der Waals surface area contributed by atoms with Crippen LogP contribution in [0.1, 0.15) is 18.4 Å². The highest BCUT2D eigenvalue weighted by Gasteiger charge is 2.55. The molecular weight excluding hydrogens is 270 g/mol. The summed E-state index contributed by atoms with van der Waals surface area (Å²) in [6.07, 6.45) is 1.75. The molecule has 2 bridgehead atoms. The van der Waals surface area contributed by atoms with E-state index in [0.717, 1.165) is 24.8 Å². The fourth-order valence-corrected chi connectivity index (χ4v) is 3.42. The number of carbonyl (C=O) groups is 2. The number of hydrogen-bond donors (Lipinski definition) is 2. The molecule has 1 amide bonds. The van der Waals surface area contributed by atoms with Crippen molar-refractivity contribution in [2.45, 2.75) is 31.5 Å². The van der Waals surface area contributed by atoms with Crippen molar-refractivity contribution < 1.29 is 19.4 Å². The highest BCUT2D eigenvalue weighted by molar-refractivity contribution is 5.86. The molecule has 3 rings (SSSR count). The van der Waals surface area contributed by atoms with E-state index in [1.54, 1.807) is 0 Å². The van der Waals surface area contributed by atoms with Crippen molar-refractivity contribution in [3.8, 4) is 0 Å². The second-order valence-corrected chi connectivity index (χ2v) is 5.71. The Morgan fingerprint density at radius 2 is 1.81 bits per heavy atom. The molecule has 1 aromatic carbocycles. The molecule has 0 spiro atoms. The number of amides is 1. The minimum absolute atomic E-state index is 0.189. The van der Waals surface area contributed by atoms with Crippen molar-refractivity contribution in [2.24, 2.45) is 11.8 Å². The summed E-state index contributed by atoms with van der Waals surface area (Å²) in [5.41, 5.74) is 1.15. The molecule has 0 aromatic heterocycles. The zero-order valence-corrected chi connectivity index (χ0v) is 11.7. The standard InChI is InChI=1S/C16H19NO4/c18-15(17-9-8-10-4-2-1-3-5-10)13-11-6-7-12(21-11)14(13)16(19)20/h1-5,11-14H,6-9H2,(H,17,18)(H,19,20)/t11-,12+,13+,14+/m1/s1. The summed E-state index contributed by atoms with van der Waals surface area (Å²) >= 11 is 0. The summed E-state index contributed by atoms with van der Waals surface area (Å²) in [5.74, 6) is -2.35. The van der Waals surface area contributed by atoms with Crippen molar-refractivity contribution in [3.05, 3.63) is 35.9 Å². The first-order valence-corrected chi connectivity index (χ1v) is 7.36. The monoisotopic (exact) mass is 289 g/mol. The van der Waals surface area contributed by atoms with E-state index in [2.05, 4.69) is 5.32 Å². The van der Waals surface area contributed by atoms with Crippen molar-refractivity contribution in [1.82, 2.24) is 5.32 Å². The maximum Gasteiger partial charge on any atom is 0.310 e. The number of hydrogen-bond acceptors (Lipinski definition) is 3. The molecule has 2 aliphatic heterocycles. The summed E-state index contributed by atoms with van der Waals surface area (Å²) in [6, 6.07) is 9.88. The second kappa shape index (κ2) is 5.85. The molecule has 5 nitrogen and oxygen atoms in total. The first-order valence-electron chi connectivity index (χ1n) is 7.36. The number of carboxylic acid groups (broad SMARTS) is 1. The number of carbonyl (C=O) groups excluding carboxylic acids is 1. The van der Waals surface area contributed by atoms with E-state index in [9.17, 15) is 14.7 Å². The van der Waals surface area contributed by atoms with E-state index < -0.39 is 17.8 Å². The van der Waals surface area contributed by atoms with Gasteiger partial charge in [0.15, 0.2) is 0 Å². The van der Waals surface area contributed by atoms with Gasteiger partial charge in [-0.1, -0.05) is 30.3 Å². The summed E-state index contributed by atoms with van der Waals surface area (Å²) in [6.45, 7) is 0.517. The summed E-state index contributed by atoms with van der Waals surface area (Å²) in [4.78, 5) is 23.6. The lowest BCUT2D eigenvalue weighted by Crippen LogP contribution is -2.44. The molecule has 2 N–H and O–H groups in total. The number of fused-ring (bicyclic) bond motifs is 2. The zero-order valence-electron chi connectivity index (χ0n) is 11.7. The largest absolute Gasteiger partial charge is 0.481 e.